The molecule has 0 aliphatic carbocycles. The Balaban J connectivity index is 1.89. The van der Waals surface area contributed by atoms with Gasteiger partial charge in [-0.25, -0.2) is 4.79 Å². The molecule has 1 unspecified atom stereocenters. The highest BCUT2D eigenvalue weighted by Gasteiger charge is 2.25. The van der Waals surface area contributed by atoms with E-state index in [1.54, 1.807) is 14.2 Å². The number of benzene rings is 1. The van der Waals surface area contributed by atoms with Crippen molar-refractivity contribution in [2.45, 2.75) is 12.8 Å². The summed E-state index contributed by atoms with van der Waals surface area (Å²) < 4.78 is 5.14. The molecule has 1 atom stereocenters. The number of carbonyl (C=O) groups is 1. The standard InChI is InChI=1S/C14H20N2O2/c1-15-14(17)16-8-7-12(10-16)9-11-3-5-13(18-2)6-4-11/h3-6,12H,7-10H2,1-2H3,(H,15,17). The van der Waals surface area contributed by atoms with E-state index in [0.29, 0.717) is 5.92 Å². The molecule has 1 aromatic carbocycles. The topological polar surface area (TPSA) is 41.6 Å². The lowest BCUT2D eigenvalue weighted by molar-refractivity contribution is 0.209. The van der Waals surface area contributed by atoms with E-state index in [-0.39, 0.29) is 6.03 Å². The third-order valence-corrected chi connectivity index (χ3v) is 3.47. The number of hydrogen-bond acceptors (Lipinski definition) is 2. The molecule has 1 aliphatic heterocycles. The van der Waals surface area contributed by atoms with E-state index in [9.17, 15) is 4.79 Å². The maximum atomic E-state index is 11.5. The van der Waals surface area contributed by atoms with Crippen LogP contribution in [-0.4, -0.2) is 38.2 Å². The van der Waals surface area contributed by atoms with E-state index in [2.05, 4.69) is 17.4 Å². The lowest BCUT2D eigenvalue weighted by Crippen LogP contribution is -2.36. The fourth-order valence-corrected chi connectivity index (χ4v) is 2.44. The third kappa shape index (κ3) is 2.94. The molecule has 0 spiro atoms. The summed E-state index contributed by atoms with van der Waals surface area (Å²) in [4.78, 5) is 13.4. The zero-order valence-corrected chi connectivity index (χ0v) is 11.0. The molecular formula is C14H20N2O2. The van der Waals surface area contributed by atoms with Gasteiger partial charge in [0.2, 0.25) is 0 Å². The van der Waals surface area contributed by atoms with Crippen molar-refractivity contribution in [1.29, 1.82) is 0 Å². The summed E-state index contributed by atoms with van der Waals surface area (Å²) in [7, 11) is 3.35. The quantitative estimate of drug-likeness (QED) is 0.887. The second kappa shape index (κ2) is 5.76. The van der Waals surface area contributed by atoms with Crippen LogP contribution in [0.3, 0.4) is 0 Å². The Bertz CT molecular complexity index is 403. The van der Waals surface area contributed by atoms with Crippen LogP contribution >= 0.6 is 0 Å². The molecule has 1 fully saturated rings. The fraction of sp³-hybridized carbons (Fsp3) is 0.500. The number of methoxy groups -OCH3 is 1. The second-order valence-corrected chi connectivity index (χ2v) is 4.71. The monoisotopic (exact) mass is 248 g/mol. The minimum atomic E-state index is 0.0345. The van der Waals surface area contributed by atoms with Crippen molar-refractivity contribution >= 4 is 6.03 Å². The average Bonchev–Trinajstić information content (AvgIpc) is 2.87. The molecular weight excluding hydrogens is 228 g/mol. The molecule has 1 aromatic rings. The third-order valence-electron chi connectivity index (χ3n) is 3.47. The molecule has 1 aliphatic rings. The minimum Gasteiger partial charge on any atom is -0.497 e. The maximum Gasteiger partial charge on any atom is 0.317 e. The van der Waals surface area contributed by atoms with Crippen LogP contribution in [0.1, 0.15) is 12.0 Å². The van der Waals surface area contributed by atoms with Crippen molar-refractivity contribution in [2.24, 2.45) is 5.92 Å². The number of nitrogens with one attached hydrogen (secondary N) is 1. The average molecular weight is 248 g/mol. The number of nitrogens with zero attached hydrogens (tertiary/aromatic N) is 1. The van der Waals surface area contributed by atoms with Crippen LogP contribution in [0.2, 0.25) is 0 Å². The van der Waals surface area contributed by atoms with Gasteiger partial charge >= 0.3 is 6.03 Å². The molecule has 4 nitrogen and oxygen atoms in total. The fourth-order valence-electron chi connectivity index (χ4n) is 2.44. The van der Waals surface area contributed by atoms with Crippen molar-refractivity contribution < 1.29 is 9.53 Å². The van der Waals surface area contributed by atoms with E-state index < -0.39 is 0 Å². The highest BCUT2D eigenvalue weighted by atomic mass is 16.5. The van der Waals surface area contributed by atoms with Gasteiger partial charge in [0.15, 0.2) is 0 Å². The Labute approximate surface area is 108 Å². The SMILES string of the molecule is CNC(=O)N1CCC(Cc2ccc(OC)cc2)C1. The molecule has 0 bridgehead atoms. The summed E-state index contributed by atoms with van der Waals surface area (Å²) >= 11 is 0. The number of likely N-dealkylation sites (tertiary alicyclic amines) is 1. The first kappa shape index (κ1) is 12.7. The number of carbonyl (C=O) groups excluding carboxylic acids is 1. The molecule has 98 valence electrons. The summed E-state index contributed by atoms with van der Waals surface area (Å²) in [5.41, 5.74) is 1.31. The Morgan fingerprint density at radius 1 is 1.44 bits per heavy atom. The van der Waals surface area contributed by atoms with E-state index in [4.69, 9.17) is 4.74 Å². The van der Waals surface area contributed by atoms with Gasteiger partial charge in [-0.05, 0) is 36.5 Å². The lowest BCUT2D eigenvalue weighted by Gasteiger charge is -2.15. The molecule has 4 heteroatoms. The van der Waals surface area contributed by atoms with Gasteiger partial charge in [-0.1, -0.05) is 12.1 Å². The largest absolute Gasteiger partial charge is 0.497 e. The second-order valence-electron chi connectivity index (χ2n) is 4.71. The van der Waals surface area contributed by atoms with Crippen LogP contribution in [0.5, 0.6) is 5.75 Å². The molecule has 0 aromatic heterocycles. The van der Waals surface area contributed by atoms with Gasteiger partial charge in [-0.3, -0.25) is 0 Å². The zero-order valence-electron chi connectivity index (χ0n) is 11.0. The number of hydrogen-bond donors (Lipinski definition) is 1. The molecule has 2 rings (SSSR count). The van der Waals surface area contributed by atoms with Crippen molar-refractivity contribution in [2.75, 3.05) is 27.2 Å². The summed E-state index contributed by atoms with van der Waals surface area (Å²) in [6.07, 6.45) is 2.11. The van der Waals surface area contributed by atoms with Gasteiger partial charge in [0.25, 0.3) is 0 Å². The van der Waals surface area contributed by atoms with Crippen molar-refractivity contribution in [3.05, 3.63) is 29.8 Å². The van der Waals surface area contributed by atoms with E-state index in [1.165, 1.54) is 5.56 Å². The molecule has 2 amide bonds. The van der Waals surface area contributed by atoms with Gasteiger partial charge < -0.3 is 15.0 Å². The normalized spacial score (nSPS) is 18.8. The number of amides is 2. The summed E-state index contributed by atoms with van der Waals surface area (Å²) in [5.74, 6) is 1.45. The van der Waals surface area contributed by atoms with E-state index in [1.807, 2.05) is 17.0 Å². The lowest BCUT2D eigenvalue weighted by atomic mass is 9.99. The van der Waals surface area contributed by atoms with Crippen LogP contribution in [0.15, 0.2) is 24.3 Å². The Kier molecular flexibility index (Phi) is 4.07. The number of urea groups is 1. The first-order valence-corrected chi connectivity index (χ1v) is 6.32. The zero-order chi connectivity index (χ0) is 13.0. The van der Waals surface area contributed by atoms with E-state index >= 15 is 0 Å². The van der Waals surface area contributed by atoms with Crippen LogP contribution in [0, 0.1) is 5.92 Å². The molecule has 1 heterocycles. The molecule has 1 saturated heterocycles. The highest BCUT2D eigenvalue weighted by Crippen LogP contribution is 2.22. The maximum absolute atomic E-state index is 11.5. The summed E-state index contributed by atoms with van der Waals surface area (Å²) in [6, 6.07) is 8.21. The van der Waals surface area contributed by atoms with Crippen molar-refractivity contribution in [3.63, 3.8) is 0 Å². The predicted octanol–water partition coefficient (Wildman–Crippen LogP) is 1.90. The van der Waals surface area contributed by atoms with Gasteiger partial charge in [-0.2, -0.15) is 0 Å². The van der Waals surface area contributed by atoms with Crippen LogP contribution in [-0.2, 0) is 6.42 Å². The summed E-state index contributed by atoms with van der Waals surface area (Å²) in [6.45, 7) is 1.71. The van der Waals surface area contributed by atoms with Gasteiger partial charge in [0.1, 0.15) is 5.75 Å². The Hall–Kier alpha value is -1.71. The Morgan fingerprint density at radius 3 is 2.78 bits per heavy atom. The number of ether oxygens (including phenoxy) is 1. The first-order valence-electron chi connectivity index (χ1n) is 6.32. The van der Waals surface area contributed by atoms with Crippen molar-refractivity contribution in [1.82, 2.24) is 10.2 Å². The predicted molar refractivity (Wildman–Crippen MR) is 70.8 cm³/mol. The van der Waals surface area contributed by atoms with Crippen molar-refractivity contribution in [3.8, 4) is 5.75 Å². The molecule has 0 saturated carbocycles. The highest BCUT2D eigenvalue weighted by molar-refractivity contribution is 5.74. The Morgan fingerprint density at radius 2 is 2.17 bits per heavy atom. The smallest absolute Gasteiger partial charge is 0.317 e. The van der Waals surface area contributed by atoms with Crippen LogP contribution in [0.25, 0.3) is 0 Å². The van der Waals surface area contributed by atoms with Crippen LogP contribution < -0.4 is 10.1 Å². The van der Waals surface area contributed by atoms with E-state index in [0.717, 1.165) is 31.7 Å². The van der Waals surface area contributed by atoms with Crippen LogP contribution in [0.4, 0.5) is 4.79 Å². The molecule has 0 radical (unpaired) electrons. The van der Waals surface area contributed by atoms with Gasteiger partial charge in [0, 0.05) is 20.1 Å². The summed E-state index contributed by atoms with van der Waals surface area (Å²) in [5, 5.41) is 2.68. The number of rotatable bonds is 3. The first-order chi connectivity index (χ1) is 8.72. The molecule has 18 heavy (non-hydrogen) atoms. The van der Waals surface area contributed by atoms with Gasteiger partial charge in [0.05, 0.1) is 7.11 Å². The minimum absolute atomic E-state index is 0.0345. The van der Waals surface area contributed by atoms with Gasteiger partial charge in [-0.15, -0.1) is 0 Å². The molecule has 1 N–H and O–H groups in total.